The normalized spacial score (nSPS) is 10.7. The molecule has 112 valence electrons. The van der Waals surface area contributed by atoms with E-state index in [2.05, 4.69) is 17.2 Å². The Hall–Kier alpha value is -1.65. The van der Waals surface area contributed by atoms with E-state index in [4.69, 9.17) is 16.3 Å². The molecule has 2 aromatic rings. The van der Waals surface area contributed by atoms with Crippen LogP contribution in [0.4, 0.5) is 4.39 Å². The smallest absolute Gasteiger partial charge is 0.219 e. The van der Waals surface area contributed by atoms with Crippen LogP contribution >= 0.6 is 11.6 Å². The maximum atomic E-state index is 13.1. The first-order valence-corrected chi connectivity index (χ1v) is 7.33. The van der Waals surface area contributed by atoms with Crippen LogP contribution in [0.2, 0.25) is 5.02 Å². The monoisotopic (exact) mass is 308 g/mol. The van der Waals surface area contributed by atoms with Gasteiger partial charge in [-0.3, -0.25) is 0 Å². The molecule has 1 heterocycles. The van der Waals surface area contributed by atoms with Crippen LogP contribution in [-0.2, 0) is 13.0 Å². The van der Waals surface area contributed by atoms with Crippen molar-refractivity contribution < 1.29 is 9.13 Å². The van der Waals surface area contributed by atoms with E-state index in [1.165, 1.54) is 18.2 Å². The van der Waals surface area contributed by atoms with Crippen LogP contribution < -0.4 is 10.1 Å². The molecule has 0 saturated heterocycles. The van der Waals surface area contributed by atoms with E-state index in [0.717, 1.165) is 30.8 Å². The van der Waals surface area contributed by atoms with Gasteiger partial charge in [0.2, 0.25) is 5.88 Å². The first-order valence-electron chi connectivity index (χ1n) is 6.95. The predicted molar refractivity (Wildman–Crippen MR) is 82.5 cm³/mol. The first kappa shape index (κ1) is 15.7. The van der Waals surface area contributed by atoms with Crippen LogP contribution in [-0.4, -0.2) is 11.5 Å². The molecule has 1 aromatic carbocycles. The van der Waals surface area contributed by atoms with Gasteiger partial charge < -0.3 is 10.1 Å². The van der Waals surface area contributed by atoms with E-state index in [0.29, 0.717) is 11.6 Å². The van der Waals surface area contributed by atoms with Crippen molar-refractivity contribution in [2.45, 2.75) is 26.8 Å². The summed E-state index contributed by atoms with van der Waals surface area (Å²) >= 11 is 5.75. The van der Waals surface area contributed by atoms with E-state index >= 15 is 0 Å². The number of hydrogen-bond acceptors (Lipinski definition) is 3. The molecule has 3 nitrogen and oxygen atoms in total. The van der Waals surface area contributed by atoms with Crippen molar-refractivity contribution in [1.29, 1.82) is 0 Å². The fourth-order valence-corrected chi connectivity index (χ4v) is 2.06. The fourth-order valence-electron chi connectivity index (χ4n) is 1.89. The van der Waals surface area contributed by atoms with E-state index in [-0.39, 0.29) is 5.02 Å². The van der Waals surface area contributed by atoms with E-state index in [9.17, 15) is 4.39 Å². The van der Waals surface area contributed by atoms with Crippen LogP contribution in [0.3, 0.4) is 0 Å². The molecule has 0 bridgehead atoms. The largest absolute Gasteiger partial charge is 0.439 e. The molecule has 0 fully saturated rings. The Morgan fingerprint density at radius 2 is 2.05 bits per heavy atom. The highest BCUT2D eigenvalue weighted by molar-refractivity contribution is 6.30. The molecule has 21 heavy (non-hydrogen) atoms. The van der Waals surface area contributed by atoms with Crippen molar-refractivity contribution in [3.63, 3.8) is 0 Å². The predicted octanol–water partition coefficient (Wildman–Crippen LogP) is 4.34. The summed E-state index contributed by atoms with van der Waals surface area (Å²) in [5.41, 5.74) is 2.06. The van der Waals surface area contributed by atoms with Crippen LogP contribution in [0.15, 0.2) is 30.3 Å². The van der Waals surface area contributed by atoms with E-state index < -0.39 is 5.82 Å². The van der Waals surface area contributed by atoms with Gasteiger partial charge in [-0.1, -0.05) is 25.4 Å². The third-order valence-electron chi connectivity index (χ3n) is 2.97. The zero-order chi connectivity index (χ0) is 15.2. The van der Waals surface area contributed by atoms with Gasteiger partial charge in [0.25, 0.3) is 0 Å². The van der Waals surface area contributed by atoms with Crippen LogP contribution in [0, 0.1) is 5.82 Å². The Bertz CT molecular complexity index is 619. The number of rotatable bonds is 6. The Balaban J connectivity index is 2.23. The molecule has 0 unspecified atom stereocenters. The summed E-state index contributed by atoms with van der Waals surface area (Å²) in [5.74, 6) is 0.494. The second-order valence-corrected chi connectivity index (χ2v) is 5.02. The van der Waals surface area contributed by atoms with E-state index in [1.54, 1.807) is 0 Å². The molecule has 0 spiro atoms. The minimum Gasteiger partial charge on any atom is -0.439 e. The lowest BCUT2D eigenvalue weighted by atomic mass is 10.2. The molecule has 0 atom stereocenters. The third kappa shape index (κ3) is 4.41. The lowest BCUT2D eigenvalue weighted by molar-refractivity contribution is 0.458. The summed E-state index contributed by atoms with van der Waals surface area (Å²) in [5, 5.41) is 3.30. The summed E-state index contributed by atoms with van der Waals surface area (Å²) in [6, 6.07) is 8.18. The number of nitrogens with zero attached hydrogens (tertiary/aromatic N) is 1. The number of pyridine rings is 1. The number of benzene rings is 1. The zero-order valence-corrected chi connectivity index (χ0v) is 12.9. The van der Waals surface area contributed by atoms with Crippen molar-refractivity contribution in [3.8, 4) is 11.6 Å². The highest BCUT2D eigenvalue weighted by Crippen LogP contribution is 2.26. The Morgan fingerprint density at radius 1 is 1.24 bits per heavy atom. The maximum Gasteiger partial charge on any atom is 0.219 e. The molecule has 1 aromatic heterocycles. The Morgan fingerprint density at radius 3 is 2.71 bits per heavy atom. The number of halogens is 2. The fraction of sp³-hybridized carbons (Fsp3) is 0.312. The van der Waals surface area contributed by atoms with E-state index in [1.807, 2.05) is 19.1 Å². The SMILES string of the molecule is CCNCc1cc(CC)nc(Oc2ccc(F)c(Cl)c2)c1. The van der Waals surface area contributed by atoms with Crippen molar-refractivity contribution in [2.75, 3.05) is 6.54 Å². The van der Waals surface area contributed by atoms with Gasteiger partial charge in [-0.25, -0.2) is 9.37 Å². The highest BCUT2D eigenvalue weighted by atomic mass is 35.5. The molecule has 0 radical (unpaired) electrons. The molecule has 1 N–H and O–H groups in total. The summed E-state index contributed by atoms with van der Waals surface area (Å²) in [7, 11) is 0. The molecule has 5 heteroatoms. The van der Waals surface area contributed by atoms with Gasteiger partial charge in [0.05, 0.1) is 5.02 Å². The Labute approximate surface area is 129 Å². The number of aryl methyl sites for hydroxylation is 1. The minimum atomic E-state index is -0.466. The molecule has 2 rings (SSSR count). The maximum absolute atomic E-state index is 13.1. The molecule has 0 saturated carbocycles. The summed E-state index contributed by atoms with van der Waals surface area (Å²) in [6.45, 7) is 5.75. The average Bonchev–Trinajstić information content (AvgIpc) is 2.48. The number of aromatic nitrogens is 1. The lowest BCUT2D eigenvalue weighted by Gasteiger charge is -2.10. The van der Waals surface area contributed by atoms with Crippen LogP contribution in [0.25, 0.3) is 0 Å². The van der Waals surface area contributed by atoms with Crippen LogP contribution in [0.1, 0.15) is 25.1 Å². The lowest BCUT2D eigenvalue weighted by Crippen LogP contribution is -2.12. The van der Waals surface area contributed by atoms with Gasteiger partial charge in [0.1, 0.15) is 11.6 Å². The second-order valence-electron chi connectivity index (χ2n) is 4.62. The molecule has 0 aliphatic rings. The summed E-state index contributed by atoms with van der Waals surface area (Å²) < 4.78 is 18.8. The van der Waals surface area contributed by atoms with Gasteiger partial charge in [0, 0.05) is 24.4 Å². The molecular formula is C16H18ClFN2O. The van der Waals surface area contributed by atoms with Gasteiger partial charge in [0.15, 0.2) is 0 Å². The first-order chi connectivity index (χ1) is 10.1. The van der Waals surface area contributed by atoms with Crippen molar-refractivity contribution in [1.82, 2.24) is 10.3 Å². The van der Waals surface area contributed by atoms with Gasteiger partial charge in [-0.2, -0.15) is 0 Å². The van der Waals surface area contributed by atoms with Crippen molar-refractivity contribution in [3.05, 3.63) is 52.4 Å². The van der Waals surface area contributed by atoms with Crippen molar-refractivity contribution in [2.24, 2.45) is 0 Å². The topological polar surface area (TPSA) is 34.2 Å². The van der Waals surface area contributed by atoms with Gasteiger partial charge >= 0.3 is 0 Å². The molecule has 0 aliphatic heterocycles. The average molecular weight is 309 g/mol. The number of nitrogens with one attached hydrogen (secondary N) is 1. The molecular weight excluding hydrogens is 291 g/mol. The quantitative estimate of drug-likeness (QED) is 0.862. The highest BCUT2D eigenvalue weighted by Gasteiger charge is 2.06. The molecule has 0 amide bonds. The molecule has 0 aliphatic carbocycles. The third-order valence-corrected chi connectivity index (χ3v) is 3.26. The standard InChI is InChI=1S/C16H18ClFN2O/c1-3-12-7-11(10-19-4-2)8-16(20-12)21-13-5-6-15(18)14(17)9-13/h5-9,19H,3-4,10H2,1-2H3. The summed E-state index contributed by atoms with van der Waals surface area (Å²) in [4.78, 5) is 4.42. The minimum absolute atomic E-state index is 0.0343. The van der Waals surface area contributed by atoms with Gasteiger partial charge in [-0.15, -0.1) is 0 Å². The summed E-state index contributed by atoms with van der Waals surface area (Å²) in [6.07, 6.45) is 0.820. The van der Waals surface area contributed by atoms with Gasteiger partial charge in [-0.05, 0) is 36.7 Å². The van der Waals surface area contributed by atoms with Crippen LogP contribution in [0.5, 0.6) is 11.6 Å². The number of ether oxygens (including phenoxy) is 1. The number of hydrogen-bond donors (Lipinski definition) is 1. The van der Waals surface area contributed by atoms with Crippen molar-refractivity contribution >= 4 is 11.6 Å². The second kappa shape index (κ2) is 7.38. The Kier molecular flexibility index (Phi) is 5.53. The zero-order valence-electron chi connectivity index (χ0n) is 12.1.